The van der Waals surface area contributed by atoms with Gasteiger partial charge in [0, 0.05) is 0 Å². The molecule has 0 spiro atoms. The van der Waals surface area contributed by atoms with Gasteiger partial charge in [-0.1, -0.05) is 37.3 Å². The number of carbonyl (C=O) groups is 2. The number of hydrogen-bond acceptors (Lipinski definition) is 4. The summed E-state index contributed by atoms with van der Waals surface area (Å²) in [5.41, 5.74) is 0.723. The highest BCUT2D eigenvalue weighted by atomic mass is 16.5. The monoisotopic (exact) mass is 290 g/mol. The van der Waals surface area contributed by atoms with E-state index in [0.29, 0.717) is 0 Å². The van der Waals surface area contributed by atoms with Gasteiger partial charge in [0.2, 0.25) is 5.91 Å². The molecule has 1 fully saturated rings. The van der Waals surface area contributed by atoms with Crippen molar-refractivity contribution in [3.8, 4) is 0 Å². The second-order valence-corrected chi connectivity index (χ2v) is 5.43. The summed E-state index contributed by atoms with van der Waals surface area (Å²) >= 11 is 0. The van der Waals surface area contributed by atoms with Crippen LogP contribution in [0.5, 0.6) is 0 Å². The van der Waals surface area contributed by atoms with Crippen molar-refractivity contribution in [3.63, 3.8) is 0 Å². The molecule has 3 atom stereocenters. The van der Waals surface area contributed by atoms with Gasteiger partial charge in [-0.15, -0.1) is 0 Å². The van der Waals surface area contributed by atoms with Gasteiger partial charge in [-0.3, -0.25) is 4.79 Å². The van der Waals surface area contributed by atoms with E-state index in [1.54, 1.807) is 12.1 Å². The summed E-state index contributed by atoms with van der Waals surface area (Å²) in [6, 6.07) is 8.12. The van der Waals surface area contributed by atoms with Crippen LogP contribution in [0.3, 0.4) is 0 Å². The second-order valence-electron chi connectivity index (χ2n) is 5.43. The number of amides is 1. The van der Waals surface area contributed by atoms with Gasteiger partial charge in [0.05, 0.1) is 13.2 Å². The Hall–Kier alpha value is -1.88. The maximum absolute atomic E-state index is 12.4. The van der Waals surface area contributed by atoms with Crippen LogP contribution in [0.25, 0.3) is 0 Å². The number of methoxy groups -OCH3 is 1. The van der Waals surface area contributed by atoms with Crippen LogP contribution in [0.2, 0.25) is 0 Å². The molecule has 0 bridgehead atoms. The lowest BCUT2D eigenvalue weighted by Crippen LogP contribution is -2.52. The molecule has 1 aliphatic rings. The number of hydrogen-bond donors (Lipinski definition) is 2. The normalized spacial score (nSPS) is 23.1. The summed E-state index contributed by atoms with van der Waals surface area (Å²) in [5, 5.41) is 6.03. The van der Waals surface area contributed by atoms with Crippen molar-refractivity contribution >= 4 is 11.9 Å². The number of nitrogens with one attached hydrogen (secondary N) is 2. The first-order valence-electron chi connectivity index (χ1n) is 7.30. The van der Waals surface area contributed by atoms with Gasteiger partial charge in [0.1, 0.15) is 0 Å². The fourth-order valence-corrected chi connectivity index (χ4v) is 2.67. The molecule has 3 unspecified atom stereocenters. The standard InChI is InChI=1S/C16H22N2O3/c1-11-7-6-10-17-13(11)15(19)18-14(16(20)21-2)12-8-4-3-5-9-12/h3-5,8-9,11,13-14,17H,6-7,10H2,1-2H3,(H,18,19). The molecule has 114 valence electrons. The number of rotatable bonds is 4. The average molecular weight is 290 g/mol. The van der Waals surface area contributed by atoms with Gasteiger partial charge in [0.25, 0.3) is 0 Å². The molecule has 0 radical (unpaired) electrons. The third kappa shape index (κ3) is 3.82. The Morgan fingerprint density at radius 1 is 1.33 bits per heavy atom. The maximum Gasteiger partial charge on any atom is 0.333 e. The SMILES string of the molecule is COC(=O)C(NC(=O)C1NCCCC1C)c1ccccc1. The van der Waals surface area contributed by atoms with Crippen LogP contribution in [-0.2, 0) is 14.3 Å². The molecule has 1 saturated heterocycles. The van der Waals surface area contributed by atoms with Crippen molar-refractivity contribution in [1.82, 2.24) is 10.6 Å². The molecule has 1 aromatic carbocycles. The quantitative estimate of drug-likeness (QED) is 0.823. The van der Waals surface area contributed by atoms with Gasteiger partial charge >= 0.3 is 5.97 Å². The zero-order valence-corrected chi connectivity index (χ0v) is 12.5. The average Bonchev–Trinajstić information content (AvgIpc) is 2.53. The highest BCUT2D eigenvalue weighted by molar-refractivity contribution is 5.88. The molecule has 0 aliphatic carbocycles. The Labute approximate surface area is 125 Å². The lowest BCUT2D eigenvalue weighted by Gasteiger charge is -2.30. The van der Waals surface area contributed by atoms with Gasteiger partial charge < -0.3 is 15.4 Å². The van der Waals surface area contributed by atoms with E-state index in [4.69, 9.17) is 4.74 Å². The first-order chi connectivity index (χ1) is 10.1. The van der Waals surface area contributed by atoms with E-state index in [1.165, 1.54) is 7.11 Å². The van der Waals surface area contributed by atoms with E-state index < -0.39 is 12.0 Å². The summed E-state index contributed by atoms with van der Waals surface area (Å²) < 4.78 is 4.81. The van der Waals surface area contributed by atoms with Crippen LogP contribution in [-0.4, -0.2) is 31.6 Å². The fraction of sp³-hybridized carbons (Fsp3) is 0.500. The van der Waals surface area contributed by atoms with E-state index in [0.717, 1.165) is 24.9 Å². The molecule has 21 heavy (non-hydrogen) atoms. The Bertz CT molecular complexity index is 490. The lowest BCUT2D eigenvalue weighted by molar-refractivity contribution is -0.145. The van der Waals surface area contributed by atoms with Crippen molar-refractivity contribution in [3.05, 3.63) is 35.9 Å². The van der Waals surface area contributed by atoms with Crippen LogP contribution < -0.4 is 10.6 Å². The number of benzene rings is 1. The molecule has 1 amide bonds. The summed E-state index contributed by atoms with van der Waals surface area (Å²) in [4.78, 5) is 24.4. The zero-order valence-electron chi connectivity index (χ0n) is 12.5. The third-order valence-corrected chi connectivity index (χ3v) is 3.91. The van der Waals surface area contributed by atoms with E-state index in [-0.39, 0.29) is 17.9 Å². The molecule has 2 rings (SSSR count). The number of ether oxygens (including phenoxy) is 1. The molecule has 1 heterocycles. The van der Waals surface area contributed by atoms with Gasteiger partial charge in [-0.05, 0) is 30.9 Å². The molecule has 5 nitrogen and oxygen atoms in total. The van der Waals surface area contributed by atoms with Crippen LogP contribution in [0.1, 0.15) is 31.4 Å². The Kier molecular flexibility index (Phi) is 5.33. The number of carbonyl (C=O) groups excluding carboxylic acids is 2. The predicted octanol–water partition coefficient (Wildman–Crippen LogP) is 1.40. The van der Waals surface area contributed by atoms with E-state index >= 15 is 0 Å². The highest BCUT2D eigenvalue weighted by Crippen LogP contribution is 2.18. The molecular formula is C16H22N2O3. The summed E-state index contributed by atoms with van der Waals surface area (Å²) in [6.45, 7) is 2.88. The molecule has 0 aromatic heterocycles. The largest absolute Gasteiger partial charge is 0.467 e. The highest BCUT2D eigenvalue weighted by Gasteiger charge is 2.31. The van der Waals surface area contributed by atoms with Gasteiger partial charge in [-0.2, -0.15) is 0 Å². The van der Waals surface area contributed by atoms with Crippen LogP contribution in [0.15, 0.2) is 30.3 Å². The molecule has 2 N–H and O–H groups in total. The number of esters is 1. The Morgan fingerprint density at radius 3 is 2.67 bits per heavy atom. The minimum absolute atomic E-state index is 0.151. The third-order valence-electron chi connectivity index (χ3n) is 3.91. The molecule has 1 aliphatic heterocycles. The maximum atomic E-state index is 12.4. The van der Waals surface area contributed by atoms with Gasteiger partial charge in [-0.25, -0.2) is 4.79 Å². The van der Waals surface area contributed by atoms with Crippen molar-refractivity contribution in [2.24, 2.45) is 5.92 Å². The summed E-state index contributed by atoms with van der Waals surface area (Å²) in [5.74, 6) is -0.354. The van der Waals surface area contributed by atoms with Gasteiger partial charge in [0.15, 0.2) is 6.04 Å². The second kappa shape index (κ2) is 7.22. The lowest BCUT2D eigenvalue weighted by atomic mass is 9.92. The van der Waals surface area contributed by atoms with Crippen molar-refractivity contribution < 1.29 is 14.3 Å². The van der Waals surface area contributed by atoms with E-state index in [9.17, 15) is 9.59 Å². The minimum Gasteiger partial charge on any atom is -0.467 e. The smallest absolute Gasteiger partial charge is 0.333 e. The van der Waals surface area contributed by atoms with Crippen molar-refractivity contribution in [2.45, 2.75) is 31.8 Å². The summed E-state index contributed by atoms with van der Waals surface area (Å²) in [7, 11) is 1.33. The zero-order chi connectivity index (χ0) is 15.2. The Morgan fingerprint density at radius 2 is 2.05 bits per heavy atom. The van der Waals surface area contributed by atoms with Crippen molar-refractivity contribution in [1.29, 1.82) is 0 Å². The van der Waals surface area contributed by atoms with Crippen LogP contribution in [0.4, 0.5) is 0 Å². The topological polar surface area (TPSA) is 67.4 Å². The fourth-order valence-electron chi connectivity index (χ4n) is 2.67. The molecule has 5 heteroatoms. The first-order valence-corrected chi connectivity index (χ1v) is 7.30. The Balaban J connectivity index is 2.11. The molecule has 1 aromatic rings. The van der Waals surface area contributed by atoms with E-state index in [1.807, 2.05) is 25.1 Å². The van der Waals surface area contributed by atoms with Crippen LogP contribution in [0, 0.1) is 5.92 Å². The summed E-state index contributed by atoms with van der Waals surface area (Å²) in [6.07, 6.45) is 2.09. The van der Waals surface area contributed by atoms with Crippen LogP contribution >= 0.6 is 0 Å². The number of piperidine rings is 1. The van der Waals surface area contributed by atoms with Crippen molar-refractivity contribution in [2.75, 3.05) is 13.7 Å². The molecule has 0 saturated carbocycles. The predicted molar refractivity (Wildman–Crippen MR) is 79.5 cm³/mol. The minimum atomic E-state index is -0.764. The molecular weight excluding hydrogens is 268 g/mol. The first kappa shape index (κ1) is 15.5. The van der Waals surface area contributed by atoms with E-state index in [2.05, 4.69) is 10.6 Å².